The first-order chi connectivity index (χ1) is 11.2. The Kier molecular flexibility index (Phi) is 5.90. The fourth-order valence-electron chi connectivity index (χ4n) is 1.68. The van der Waals surface area contributed by atoms with E-state index in [2.05, 4.69) is 15.0 Å². The SMILES string of the molecule is O=C(NCc1ccc(Cl)cc1)c1cc(Cl)c(OCC(F)(F)F)cn1. The Morgan fingerprint density at radius 2 is 1.88 bits per heavy atom. The van der Waals surface area contributed by atoms with Crippen molar-refractivity contribution in [3.63, 3.8) is 0 Å². The van der Waals surface area contributed by atoms with E-state index in [0.29, 0.717) is 5.02 Å². The number of nitrogens with one attached hydrogen (secondary N) is 1. The van der Waals surface area contributed by atoms with Crippen LogP contribution in [0.15, 0.2) is 36.5 Å². The highest BCUT2D eigenvalue weighted by Gasteiger charge is 2.29. The van der Waals surface area contributed by atoms with Crippen molar-refractivity contribution in [3.05, 3.63) is 57.8 Å². The minimum Gasteiger partial charge on any atom is -0.481 e. The van der Waals surface area contributed by atoms with Crippen molar-refractivity contribution in [1.82, 2.24) is 10.3 Å². The Morgan fingerprint density at radius 3 is 2.46 bits per heavy atom. The minimum atomic E-state index is -4.49. The number of alkyl halides is 3. The van der Waals surface area contributed by atoms with Crippen molar-refractivity contribution < 1.29 is 22.7 Å². The van der Waals surface area contributed by atoms with Crippen molar-refractivity contribution in [2.45, 2.75) is 12.7 Å². The molecule has 0 atom stereocenters. The van der Waals surface area contributed by atoms with Crippen LogP contribution in [0.4, 0.5) is 13.2 Å². The smallest absolute Gasteiger partial charge is 0.422 e. The molecule has 2 rings (SSSR count). The molecular weight excluding hydrogens is 368 g/mol. The van der Waals surface area contributed by atoms with Gasteiger partial charge in [-0.2, -0.15) is 13.2 Å². The zero-order valence-electron chi connectivity index (χ0n) is 12.0. The van der Waals surface area contributed by atoms with Gasteiger partial charge < -0.3 is 10.1 Å². The number of nitrogens with zero attached hydrogens (tertiary/aromatic N) is 1. The average Bonchev–Trinajstić information content (AvgIpc) is 2.52. The maximum absolute atomic E-state index is 12.1. The normalized spacial score (nSPS) is 11.2. The summed E-state index contributed by atoms with van der Waals surface area (Å²) in [5.41, 5.74) is 0.789. The van der Waals surface area contributed by atoms with Crippen LogP contribution in [0.2, 0.25) is 10.0 Å². The van der Waals surface area contributed by atoms with Gasteiger partial charge in [0.2, 0.25) is 0 Å². The molecule has 1 amide bonds. The fourth-order valence-corrected chi connectivity index (χ4v) is 2.02. The van der Waals surface area contributed by atoms with E-state index in [1.54, 1.807) is 24.3 Å². The number of ether oxygens (including phenoxy) is 1. The summed E-state index contributed by atoms with van der Waals surface area (Å²) < 4.78 is 40.8. The van der Waals surface area contributed by atoms with E-state index in [-0.39, 0.29) is 23.0 Å². The van der Waals surface area contributed by atoms with Crippen LogP contribution in [0.5, 0.6) is 5.75 Å². The van der Waals surface area contributed by atoms with E-state index in [0.717, 1.165) is 17.8 Å². The maximum Gasteiger partial charge on any atom is 0.422 e. The van der Waals surface area contributed by atoms with Gasteiger partial charge in [-0.05, 0) is 23.8 Å². The van der Waals surface area contributed by atoms with Gasteiger partial charge in [-0.25, -0.2) is 4.98 Å². The predicted molar refractivity (Wildman–Crippen MR) is 83.4 cm³/mol. The van der Waals surface area contributed by atoms with Crippen LogP contribution in [0.25, 0.3) is 0 Å². The first-order valence-corrected chi connectivity index (χ1v) is 7.38. The fraction of sp³-hybridized carbons (Fsp3) is 0.200. The van der Waals surface area contributed by atoms with E-state index >= 15 is 0 Å². The molecule has 9 heteroatoms. The first kappa shape index (κ1) is 18.4. The Balaban J connectivity index is 1.97. The summed E-state index contributed by atoms with van der Waals surface area (Å²) >= 11 is 11.6. The predicted octanol–water partition coefficient (Wildman–Crippen LogP) is 4.26. The van der Waals surface area contributed by atoms with Gasteiger partial charge in [-0.1, -0.05) is 35.3 Å². The van der Waals surface area contributed by atoms with E-state index < -0.39 is 18.7 Å². The Bertz CT molecular complexity index is 722. The van der Waals surface area contributed by atoms with Crippen molar-refractivity contribution in [1.29, 1.82) is 0 Å². The van der Waals surface area contributed by atoms with E-state index in [4.69, 9.17) is 23.2 Å². The molecule has 2 aromatic rings. The molecule has 0 radical (unpaired) electrons. The second-order valence-corrected chi connectivity index (χ2v) is 5.56. The van der Waals surface area contributed by atoms with E-state index in [9.17, 15) is 18.0 Å². The number of carbonyl (C=O) groups excluding carboxylic acids is 1. The van der Waals surface area contributed by atoms with Crippen molar-refractivity contribution >= 4 is 29.1 Å². The standard InChI is InChI=1S/C15H11Cl2F3N2O2/c16-10-3-1-9(2-4-10)6-22-14(23)12-5-11(17)13(7-21-12)24-8-15(18,19)20/h1-5,7H,6,8H2,(H,22,23). The lowest BCUT2D eigenvalue weighted by Gasteiger charge is -2.11. The third kappa shape index (κ3) is 5.58. The Morgan fingerprint density at radius 1 is 1.21 bits per heavy atom. The number of rotatable bonds is 5. The average molecular weight is 379 g/mol. The summed E-state index contributed by atoms with van der Waals surface area (Å²) in [6.45, 7) is -1.25. The number of halogens is 5. The molecule has 24 heavy (non-hydrogen) atoms. The third-order valence-electron chi connectivity index (χ3n) is 2.81. The lowest BCUT2D eigenvalue weighted by molar-refractivity contribution is -0.153. The molecule has 0 unspecified atom stereocenters. The molecule has 0 spiro atoms. The quantitative estimate of drug-likeness (QED) is 0.845. The van der Waals surface area contributed by atoms with E-state index in [1.165, 1.54) is 0 Å². The van der Waals surface area contributed by atoms with Crippen LogP contribution in [0.3, 0.4) is 0 Å². The third-order valence-corrected chi connectivity index (χ3v) is 3.36. The molecule has 1 aromatic heterocycles. The lowest BCUT2D eigenvalue weighted by Crippen LogP contribution is -2.24. The maximum atomic E-state index is 12.1. The summed E-state index contributed by atoms with van der Waals surface area (Å²) in [5.74, 6) is -0.766. The summed E-state index contributed by atoms with van der Waals surface area (Å²) in [7, 11) is 0. The number of benzene rings is 1. The van der Waals surface area contributed by atoms with Gasteiger partial charge in [0.15, 0.2) is 12.4 Å². The number of hydrogen-bond donors (Lipinski definition) is 1. The highest BCUT2D eigenvalue weighted by molar-refractivity contribution is 6.32. The molecule has 128 valence electrons. The molecule has 0 aliphatic heterocycles. The number of hydrogen-bond acceptors (Lipinski definition) is 3. The monoisotopic (exact) mass is 378 g/mol. The summed E-state index contributed by atoms with van der Waals surface area (Å²) in [6, 6.07) is 8.01. The molecule has 0 fully saturated rings. The summed E-state index contributed by atoms with van der Waals surface area (Å²) in [4.78, 5) is 15.7. The molecule has 0 saturated heterocycles. The number of carbonyl (C=O) groups is 1. The van der Waals surface area contributed by atoms with Crippen LogP contribution in [-0.2, 0) is 6.54 Å². The van der Waals surface area contributed by atoms with Gasteiger partial charge in [-0.15, -0.1) is 0 Å². The summed E-state index contributed by atoms with van der Waals surface area (Å²) in [6.07, 6.45) is -3.51. The molecule has 0 aliphatic rings. The van der Waals surface area contributed by atoms with Crippen LogP contribution >= 0.6 is 23.2 Å². The van der Waals surface area contributed by atoms with Crippen LogP contribution in [-0.4, -0.2) is 23.7 Å². The van der Waals surface area contributed by atoms with Gasteiger partial charge in [0.25, 0.3) is 5.91 Å². The minimum absolute atomic E-state index is 0.0340. The molecule has 1 heterocycles. The molecule has 0 bridgehead atoms. The molecule has 0 aliphatic carbocycles. The molecule has 0 saturated carbocycles. The van der Waals surface area contributed by atoms with Gasteiger partial charge >= 0.3 is 6.18 Å². The van der Waals surface area contributed by atoms with Gasteiger partial charge in [0.05, 0.1) is 11.2 Å². The number of aromatic nitrogens is 1. The molecule has 1 N–H and O–H groups in total. The van der Waals surface area contributed by atoms with Crippen LogP contribution in [0, 0.1) is 0 Å². The molecule has 1 aromatic carbocycles. The van der Waals surface area contributed by atoms with Gasteiger partial charge in [-0.3, -0.25) is 4.79 Å². The summed E-state index contributed by atoms with van der Waals surface area (Å²) in [5, 5.41) is 3.06. The second kappa shape index (κ2) is 7.72. The molecular formula is C15H11Cl2F3N2O2. The van der Waals surface area contributed by atoms with Crippen LogP contribution in [0.1, 0.15) is 16.1 Å². The number of pyridine rings is 1. The molecule has 4 nitrogen and oxygen atoms in total. The zero-order valence-corrected chi connectivity index (χ0v) is 13.5. The Labute approximate surface area is 145 Å². The number of amides is 1. The largest absolute Gasteiger partial charge is 0.481 e. The van der Waals surface area contributed by atoms with E-state index in [1.807, 2.05) is 0 Å². The van der Waals surface area contributed by atoms with Crippen LogP contribution < -0.4 is 10.1 Å². The topological polar surface area (TPSA) is 51.2 Å². The Hall–Kier alpha value is -1.99. The highest BCUT2D eigenvalue weighted by atomic mass is 35.5. The van der Waals surface area contributed by atoms with Gasteiger partial charge in [0, 0.05) is 11.6 Å². The van der Waals surface area contributed by atoms with Crippen molar-refractivity contribution in [3.8, 4) is 5.75 Å². The first-order valence-electron chi connectivity index (χ1n) is 6.62. The second-order valence-electron chi connectivity index (χ2n) is 4.71. The zero-order chi connectivity index (χ0) is 17.7. The van der Waals surface area contributed by atoms with Crippen molar-refractivity contribution in [2.75, 3.05) is 6.61 Å². The highest BCUT2D eigenvalue weighted by Crippen LogP contribution is 2.26. The van der Waals surface area contributed by atoms with Gasteiger partial charge in [0.1, 0.15) is 5.69 Å². The lowest BCUT2D eigenvalue weighted by atomic mass is 10.2. The van der Waals surface area contributed by atoms with Crippen molar-refractivity contribution in [2.24, 2.45) is 0 Å².